The van der Waals surface area contributed by atoms with Crippen LogP contribution in [-0.4, -0.2) is 25.7 Å². The first-order valence-corrected chi connectivity index (χ1v) is 6.74. The number of benzene rings is 1. The molecule has 2 rings (SSSR count). The molecule has 0 bridgehead atoms. The normalized spacial score (nSPS) is 17.5. The number of nitrogen functional groups attached to an aromatic ring is 1. The van der Waals surface area contributed by atoms with Gasteiger partial charge in [0.25, 0.3) is 0 Å². The molecule has 104 valence electrons. The molecule has 0 aliphatic carbocycles. The number of carbonyl (C=O) groups excluding carboxylic acids is 1. The zero-order valence-electron chi connectivity index (χ0n) is 11.9. The number of hydrogen-bond donors (Lipinski definition) is 1. The van der Waals surface area contributed by atoms with E-state index in [-0.39, 0.29) is 5.97 Å². The van der Waals surface area contributed by atoms with Gasteiger partial charge in [0.1, 0.15) is 0 Å². The lowest BCUT2D eigenvalue weighted by Gasteiger charge is -2.22. The van der Waals surface area contributed by atoms with Crippen LogP contribution in [0.1, 0.15) is 37.6 Å². The molecule has 1 aromatic carbocycles. The smallest absolute Gasteiger partial charge is 0.340 e. The van der Waals surface area contributed by atoms with Crippen molar-refractivity contribution in [3.05, 3.63) is 23.8 Å². The predicted molar refractivity (Wildman–Crippen MR) is 77.4 cm³/mol. The van der Waals surface area contributed by atoms with Crippen LogP contribution in [0.15, 0.2) is 18.2 Å². The van der Waals surface area contributed by atoms with Gasteiger partial charge in [-0.2, -0.15) is 0 Å². The second-order valence-corrected chi connectivity index (χ2v) is 5.83. The summed E-state index contributed by atoms with van der Waals surface area (Å²) in [5, 5.41) is 0. The molecule has 1 saturated heterocycles. The monoisotopic (exact) mass is 262 g/mol. The molecule has 1 aliphatic heterocycles. The molecular formula is C15H22N2O2. The molecule has 1 aromatic rings. The van der Waals surface area contributed by atoms with Gasteiger partial charge in [0.15, 0.2) is 0 Å². The van der Waals surface area contributed by atoms with Gasteiger partial charge in [-0.3, -0.25) is 0 Å². The minimum atomic E-state index is -0.347. The Balaban J connectivity index is 2.24. The Hall–Kier alpha value is -1.71. The number of carbonyl (C=O) groups is 1. The molecule has 1 aliphatic rings. The van der Waals surface area contributed by atoms with E-state index in [1.807, 2.05) is 12.1 Å². The van der Waals surface area contributed by atoms with Crippen molar-refractivity contribution in [2.45, 2.75) is 27.2 Å². The van der Waals surface area contributed by atoms with Crippen LogP contribution in [0.4, 0.5) is 11.4 Å². The van der Waals surface area contributed by atoms with Crippen molar-refractivity contribution in [3.63, 3.8) is 0 Å². The van der Waals surface area contributed by atoms with Crippen LogP contribution >= 0.6 is 0 Å². The largest absolute Gasteiger partial charge is 0.462 e. The predicted octanol–water partition coefficient (Wildman–Crippen LogP) is 2.68. The second kappa shape index (κ2) is 5.11. The Kier molecular flexibility index (Phi) is 3.69. The zero-order chi connectivity index (χ0) is 14.0. The van der Waals surface area contributed by atoms with Gasteiger partial charge in [-0.15, -0.1) is 0 Å². The van der Waals surface area contributed by atoms with Crippen LogP contribution in [0.25, 0.3) is 0 Å². The van der Waals surface area contributed by atoms with Crippen molar-refractivity contribution in [1.82, 2.24) is 0 Å². The fourth-order valence-electron chi connectivity index (χ4n) is 2.46. The zero-order valence-corrected chi connectivity index (χ0v) is 11.9. The summed E-state index contributed by atoms with van der Waals surface area (Å²) in [5.41, 5.74) is 8.16. The molecule has 0 atom stereocenters. The highest BCUT2D eigenvalue weighted by Crippen LogP contribution is 2.33. The molecule has 0 unspecified atom stereocenters. The van der Waals surface area contributed by atoms with Crippen molar-refractivity contribution in [3.8, 4) is 0 Å². The number of anilines is 2. The summed E-state index contributed by atoms with van der Waals surface area (Å²) in [5.74, 6) is -0.347. The molecule has 0 aromatic heterocycles. The number of ether oxygens (including phenoxy) is 1. The first kappa shape index (κ1) is 13.7. The molecule has 19 heavy (non-hydrogen) atoms. The average molecular weight is 262 g/mol. The van der Waals surface area contributed by atoms with E-state index in [1.54, 1.807) is 13.0 Å². The average Bonchev–Trinajstić information content (AvgIpc) is 2.70. The second-order valence-electron chi connectivity index (χ2n) is 5.83. The Bertz CT molecular complexity index is 483. The highest BCUT2D eigenvalue weighted by Gasteiger charge is 2.29. The molecule has 4 heteroatoms. The number of nitrogens with two attached hydrogens (primary N) is 1. The summed E-state index contributed by atoms with van der Waals surface area (Å²) in [6, 6.07) is 5.60. The first-order chi connectivity index (χ1) is 8.93. The van der Waals surface area contributed by atoms with E-state index in [1.165, 1.54) is 0 Å². The third kappa shape index (κ3) is 3.00. The lowest BCUT2D eigenvalue weighted by molar-refractivity contribution is 0.0527. The van der Waals surface area contributed by atoms with E-state index < -0.39 is 0 Å². The van der Waals surface area contributed by atoms with Gasteiger partial charge in [-0.05, 0) is 37.0 Å². The standard InChI is InChI=1S/C15H22N2O2/c1-4-19-14(18)12-9-11(5-6-13(12)16)17-8-7-15(2,3)10-17/h5-6,9H,4,7-8,10,16H2,1-3H3. The van der Waals surface area contributed by atoms with Crippen molar-refractivity contribution in [2.75, 3.05) is 30.3 Å². The van der Waals surface area contributed by atoms with Crippen LogP contribution < -0.4 is 10.6 Å². The van der Waals surface area contributed by atoms with Crippen LogP contribution in [0, 0.1) is 5.41 Å². The van der Waals surface area contributed by atoms with Crippen molar-refractivity contribution in [2.24, 2.45) is 5.41 Å². The van der Waals surface area contributed by atoms with Gasteiger partial charge in [0.05, 0.1) is 12.2 Å². The molecule has 2 N–H and O–H groups in total. The SMILES string of the molecule is CCOC(=O)c1cc(N2CCC(C)(C)C2)ccc1N. The van der Waals surface area contributed by atoms with Gasteiger partial charge >= 0.3 is 5.97 Å². The third-order valence-corrected chi connectivity index (χ3v) is 3.57. The van der Waals surface area contributed by atoms with Crippen molar-refractivity contribution >= 4 is 17.3 Å². The fourth-order valence-corrected chi connectivity index (χ4v) is 2.46. The maximum absolute atomic E-state index is 11.8. The number of nitrogens with zero attached hydrogens (tertiary/aromatic N) is 1. The van der Waals surface area contributed by atoms with E-state index in [0.717, 1.165) is 25.2 Å². The summed E-state index contributed by atoms with van der Waals surface area (Å²) in [4.78, 5) is 14.1. The quantitative estimate of drug-likeness (QED) is 0.672. The van der Waals surface area contributed by atoms with Gasteiger partial charge in [-0.1, -0.05) is 13.8 Å². The number of esters is 1. The minimum Gasteiger partial charge on any atom is -0.462 e. The van der Waals surface area contributed by atoms with Gasteiger partial charge in [-0.25, -0.2) is 4.79 Å². The highest BCUT2D eigenvalue weighted by atomic mass is 16.5. The topological polar surface area (TPSA) is 55.6 Å². The first-order valence-electron chi connectivity index (χ1n) is 6.74. The summed E-state index contributed by atoms with van der Waals surface area (Å²) in [7, 11) is 0. The Morgan fingerprint density at radius 1 is 1.47 bits per heavy atom. The van der Waals surface area contributed by atoms with Gasteiger partial charge < -0.3 is 15.4 Å². The summed E-state index contributed by atoms with van der Waals surface area (Å²) >= 11 is 0. The molecular weight excluding hydrogens is 240 g/mol. The molecule has 1 heterocycles. The summed E-state index contributed by atoms with van der Waals surface area (Å²) in [6.07, 6.45) is 1.16. The van der Waals surface area contributed by atoms with E-state index in [9.17, 15) is 4.79 Å². The molecule has 0 saturated carbocycles. The Morgan fingerprint density at radius 3 is 2.79 bits per heavy atom. The number of hydrogen-bond acceptors (Lipinski definition) is 4. The summed E-state index contributed by atoms with van der Waals surface area (Å²) in [6.45, 7) is 8.69. The molecule has 1 fully saturated rings. The lowest BCUT2D eigenvalue weighted by Crippen LogP contribution is -2.23. The van der Waals surface area contributed by atoms with Crippen molar-refractivity contribution in [1.29, 1.82) is 0 Å². The summed E-state index contributed by atoms with van der Waals surface area (Å²) < 4.78 is 5.03. The lowest BCUT2D eigenvalue weighted by atomic mass is 9.93. The molecule has 0 spiro atoms. The number of rotatable bonds is 3. The van der Waals surface area contributed by atoms with Crippen molar-refractivity contribution < 1.29 is 9.53 Å². The maximum Gasteiger partial charge on any atom is 0.340 e. The third-order valence-electron chi connectivity index (χ3n) is 3.57. The van der Waals surface area contributed by atoms with Gasteiger partial charge in [0, 0.05) is 24.5 Å². The Morgan fingerprint density at radius 2 is 2.21 bits per heavy atom. The van der Waals surface area contributed by atoms with E-state index >= 15 is 0 Å². The van der Waals surface area contributed by atoms with E-state index in [0.29, 0.717) is 23.3 Å². The van der Waals surface area contributed by atoms with E-state index in [4.69, 9.17) is 10.5 Å². The van der Waals surface area contributed by atoms with Crippen LogP contribution in [0.2, 0.25) is 0 Å². The molecule has 4 nitrogen and oxygen atoms in total. The van der Waals surface area contributed by atoms with Crippen LogP contribution in [0.5, 0.6) is 0 Å². The molecule has 0 amide bonds. The maximum atomic E-state index is 11.8. The van der Waals surface area contributed by atoms with Gasteiger partial charge in [0.2, 0.25) is 0 Å². The molecule has 0 radical (unpaired) electrons. The van der Waals surface area contributed by atoms with Crippen LogP contribution in [-0.2, 0) is 4.74 Å². The van der Waals surface area contributed by atoms with Crippen LogP contribution in [0.3, 0.4) is 0 Å². The Labute approximate surface area is 114 Å². The highest BCUT2D eigenvalue weighted by molar-refractivity contribution is 5.96. The minimum absolute atomic E-state index is 0.325. The van der Waals surface area contributed by atoms with E-state index in [2.05, 4.69) is 18.7 Å². The fraction of sp³-hybridized carbons (Fsp3) is 0.533.